The van der Waals surface area contributed by atoms with E-state index in [4.69, 9.17) is 5.73 Å². The monoisotopic (exact) mass is 111 g/mol. The molecule has 0 heterocycles. The standard InChI is InChI=1S/C7H13N/c8-7-2-1-5-3-6(5)4-7/h5-7H,1-4,8H2/t5?,6?,7-/m0/s1. The normalized spacial score (nSPS) is 52.9. The van der Waals surface area contributed by atoms with Gasteiger partial charge in [0, 0.05) is 6.04 Å². The van der Waals surface area contributed by atoms with Gasteiger partial charge in [0.1, 0.15) is 0 Å². The fourth-order valence-electron chi connectivity index (χ4n) is 1.89. The lowest BCUT2D eigenvalue weighted by molar-refractivity contribution is 0.422. The van der Waals surface area contributed by atoms with Crippen LogP contribution in [0.25, 0.3) is 0 Å². The van der Waals surface area contributed by atoms with Gasteiger partial charge in [0.05, 0.1) is 0 Å². The molecule has 0 aromatic heterocycles. The quantitative estimate of drug-likeness (QED) is 0.498. The molecule has 3 atom stereocenters. The Labute approximate surface area is 50.3 Å². The van der Waals surface area contributed by atoms with Crippen LogP contribution in [0.5, 0.6) is 0 Å². The lowest BCUT2D eigenvalue weighted by Crippen LogP contribution is -2.23. The maximum atomic E-state index is 5.75. The van der Waals surface area contributed by atoms with Crippen molar-refractivity contribution in [2.45, 2.75) is 31.7 Å². The first-order valence-electron chi connectivity index (χ1n) is 3.62. The van der Waals surface area contributed by atoms with Crippen molar-refractivity contribution in [3.05, 3.63) is 0 Å². The predicted octanol–water partition coefficient (Wildman–Crippen LogP) is 1.13. The van der Waals surface area contributed by atoms with Gasteiger partial charge in [0.2, 0.25) is 0 Å². The SMILES string of the molecule is N[C@H]1CCC2CC2C1. The van der Waals surface area contributed by atoms with Crippen LogP contribution >= 0.6 is 0 Å². The molecule has 0 radical (unpaired) electrons. The molecule has 0 spiro atoms. The summed E-state index contributed by atoms with van der Waals surface area (Å²) in [4.78, 5) is 0. The van der Waals surface area contributed by atoms with Crippen LogP contribution in [0.2, 0.25) is 0 Å². The van der Waals surface area contributed by atoms with Gasteiger partial charge in [-0.2, -0.15) is 0 Å². The number of hydrogen-bond acceptors (Lipinski definition) is 1. The van der Waals surface area contributed by atoms with Gasteiger partial charge in [0.15, 0.2) is 0 Å². The van der Waals surface area contributed by atoms with E-state index in [1.165, 1.54) is 25.7 Å². The first-order valence-corrected chi connectivity index (χ1v) is 3.62. The molecule has 2 N–H and O–H groups in total. The molecule has 2 aliphatic carbocycles. The van der Waals surface area contributed by atoms with E-state index < -0.39 is 0 Å². The van der Waals surface area contributed by atoms with Gasteiger partial charge in [-0.15, -0.1) is 0 Å². The lowest BCUT2D eigenvalue weighted by Gasteiger charge is -2.15. The minimum Gasteiger partial charge on any atom is -0.328 e. The maximum absolute atomic E-state index is 5.75. The van der Waals surface area contributed by atoms with Crippen molar-refractivity contribution < 1.29 is 0 Å². The third kappa shape index (κ3) is 0.655. The van der Waals surface area contributed by atoms with Crippen LogP contribution < -0.4 is 5.73 Å². The van der Waals surface area contributed by atoms with E-state index in [1.807, 2.05) is 0 Å². The van der Waals surface area contributed by atoms with Crippen molar-refractivity contribution >= 4 is 0 Å². The maximum Gasteiger partial charge on any atom is 0.00416 e. The smallest absolute Gasteiger partial charge is 0.00416 e. The van der Waals surface area contributed by atoms with Gasteiger partial charge in [-0.1, -0.05) is 0 Å². The van der Waals surface area contributed by atoms with Crippen LogP contribution in [0.15, 0.2) is 0 Å². The molecule has 2 fully saturated rings. The Bertz CT molecular complexity index is 101. The molecule has 1 heteroatoms. The molecule has 2 unspecified atom stereocenters. The van der Waals surface area contributed by atoms with Crippen LogP contribution in [0.3, 0.4) is 0 Å². The Morgan fingerprint density at radius 2 is 1.88 bits per heavy atom. The van der Waals surface area contributed by atoms with Crippen LogP contribution in [-0.4, -0.2) is 6.04 Å². The van der Waals surface area contributed by atoms with Crippen molar-refractivity contribution in [3.8, 4) is 0 Å². The van der Waals surface area contributed by atoms with Crippen LogP contribution in [0, 0.1) is 11.8 Å². The van der Waals surface area contributed by atoms with E-state index in [2.05, 4.69) is 0 Å². The van der Waals surface area contributed by atoms with Gasteiger partial charge in [0.25, 0.3) is 0 Å². The van der Waals surface area contributed by atoms with Crippen molar-refractivity contribution in [1.29, 1.82) is 0 Å². The predicted molar refractivity (Wildman–Crippen MR) is 33.4 cm³/mol. The Hall–Kier alpha value is -0.0400. The summed E-state index contributed by atoms with van der Waals surface area (Å²) in [6, 6.07) is 0.554. The summed E-state index contributed by atoms with van der Waals surface area (Å²) in [6.07, 6.45) is 5.53. The molecule has 0 saturated heterocycles. The second-order valence-corrected chi connectivity index (χ2v) is 3.33. The highest BCUT2D eigenvalue weighted by atomic mass is 14.7. The second kappa shape index (κ2) is 1.47. The fraction of sp³-hybridized carbons (Fsp3) is 1.00. The summed E-state index contributed by atoms with van der Waals surface area (Å²) in [5.41, 5.74) is 5.75. The second-order valence-electron chi connectivity index (χ2n) is 3.33. The topological polar surface area (TPSA) is 26.0 Å². The highest BCUT2D eigenvalue weighted by molar-refractivity contribution is 4.93. The van der Waals surface area contributed by atoms with E-state index in [0.717, 1.165) is 11.8 Å². The lowest BCUT2D eigenvalue weighted by atomic mass is 9.97. The van der Waals surface area contributed by atoms with Gasteiger partial charge in [-0.3, -0.25) is 0 Å². The third-order valence-electron chi connectivity index (χ3n) is 2.58. The zero-order valence-electron chi connectivity index (χ0n) is 5.14. The van der Waals surface area contributed by atoms with Crippen LogP contribution in [0.4, 0.5) is 0 Å². The Balaban J connectivity index is 1.93. The van der Waals surface area contributed by atoms with Gasteiger partial charge in [-0.05, 0) is 37.5 Å². The molecule has 8 heavy (non-hydrogen) atoms. The Morgan fingerprint density at radius 3 is 2.50 bits per heavy atom. The number of rotatable bonds is 0. The van der Waals surface area contributed by atoms with E-state index in [0.29, 0.717) is 6.04 Å². The van der Waals surface area contributed by atoms with E-state index >= 15 is 0 Å². The van der Waals surface area contributed by atoms with E-state index in [1.54, 1.807) is 0 Å². The van der Waals surface area contributed by atoms with Crippen molar-refractivity contribution in [1.82, 2.24) is 0 Å². The number of hydrogen-bond donors (Lipinski definition) is 1. The number of nitrogens with two attached hydrogens (primary N) is 1. The summed E-state index contributed by atoms with van der Waals surface area (Å²) >= 11 is 0. The fourth-order valence-corrected chi connectivity index (χ4v) is 1.89. The molecule has 0 aliphatic heterocycles. The molecule has 0 bridgehead atoms. The first kappa shape index (κ1) is 4.80. The molecule has 1 nitrogen and oxygen atoms in total. The molecule has 0 amide bonds. The molecule has 0 aromatic rings. The molecule has 0 aromatic carbocycles. The average molecular weight is 111 g/mol. The molecule has 2 aliphatic rings. The minimum absolute atomic E-state index is 0.554. The van der Waals surface area contributed by atoms with Crippen molar-refractivity contribution in [3.63, 3.8) is 0 Å². The Kier molecular flexibility index (Phi) is 0.884. The minimum atomic E-state index is 0.554. The Morgan fingerprint density at radius 1 is 1.00 bits per heavy atom. The summed E-state index contributed by atoms with van der Waals surface area (Å²) < 4.78 is 0. The highest BCUT2D eigenvalue weighted by Gasteiger charge is 2.40. The molecular formula is C7H13N. The van der Waals surface area contributed by atoms with Crippen LogP contribution in [0.1, 0.15) is 25.7 Å². The summed E-state index contributed by atoms with van der Waals surface area (Å²) in [5, 5.41) is 0. The van der Waals surface area contributed by atoms with Gasteiger partial charge in [-0.25, -0.2) is 0 Å². The van der Waals surface area contributed by atoms with E-state index in [9.17, 15) is 0 Å². The highest BCUT2D eigenvalue weighted by Crippen LogP contribution is 2.48. The first-order chi connectivity index (χ1) is 3.86. The number of fused-ring (bicyclic) bond motifs is 1. The zero-order valence-corrected chi connectivity index (χ0v) is 5.14. The molecule has 2 rings (SSSR count). The van der Waals surface area contributed by atoms with E-state index in [-0.39, 0.29) is 0 Å². The van der Waals surface area contributed by atoms with Gasteiger partial charge >= 0.3 is 0 Å². The summed E-state index contributed by atoms with van der Waals surface area (Å²) in [7, 11) is 0. The molecular weight excluding hydrogens is 98.1 g/mol. The molecule has 2 saturated carbocycles. The zero-order chi connectivity index (χ0) is 5.56. The van der Waals surface area contributed by atoms with Crippen LogP contribution in [-0.2, 0) is 0 Å². The summed E-state index contributed by atoms with van der Waals surface area (Å²) in [6.45, 7) is 0. The van der Waals surface area contributed by atoms with Crippen molar-refractivity contribution in [2.75, 3.05) is 0 Å². The average Bonchev–Trinajstić information content (AvgIpc) is 2.43. The molecule has 46 valence electrons. The summed E-state index contributed by atoms with van der Waals surface area (Å²) in [5.74, 6) is 2.16. The largest absolute Gasteiger partial charge is 0.328 e. The third-order valence-corrected chi connectivity index (χ3v) is 2.58. The van der Waals surface area contributed by atoms with Gasteiger partial charge < -0.3 is 5.73 Å². The van der Waals surface area contributed by atoms with Crippen molar-refractivity contribution in [2.24, 2.45) is 17.6 Å².